The topological polar surface area (TPSA) is 59.0 Å². The van der Waals surface area contributed by atoms with Crippen molar-refractivity contribution >= 4 is 5.97 Å². The average Bonchev–Trinajstić information content (AvgIpc) is 2.98. The molecule has 1 saturated heterocycles. The van der Waals surface area contributed by atoms with E-state index in [9.17, 15) is 4.79 Å². The summed E-state index contributed by atoms with van der Waals surface area (Å²) >= 11 is 0. The SMILES string of the molecule is CCCCCCCOc1ccc2c(c1)C1(CCN(CC(=O)O)CC1)CO2. The van der Waals surface area contributed by atoms with E-state index in [2.05, 4.69) is 13.0 Å². The minimum Gasteiger partial charge on any atom is -0.494 e. The standard InChI is InChI=1S/C21H31NO4/c1-2-3-4-5-6-13-25-17-7-8-19-18(14-17)21(16-26-19)9-11-22(12-10-21)15-20(23)24/h7-8,14H,2-6,9-13,15-16H2,1H3,(H,23,24). The van der Waals surface area contributed by atoms with Gasteiger partial charge in [0, 0.05) is 11.0 Å². The monoisotopic (exact) mass is 361 g/mol. The van der Waals surface area contributed by atoms with Gasteiger partial charge in [0.05, 0.1) is 19.8 Å². The highest BCUT2D eigenvalue weighted by Crippen LogP contribution is 2.46. The van der Waals surface area contributed by atoms with Crippen molar-refractivity contribution in [2.75, 3.05) is 32.8 Å². The molecule has 2 aliphatic heterocycles. The summed E-state index contributed by atoms with van der Waals surface area (Å²) in [4.78, 5) is 12.9. The van der Waals surface area contributed by atoms with Gasteiger partial charge in [-0.05, 0) is 50.6 Å². The fourth-order valence-electron chi connectivity index (χ4n) is 4.07. The predicted octanol–water partition coefficient (Wildman–Crippen LogP) is 3.85. The van der Waals surface area contributed by atoms with Crippen molar-refractivity contribution in [3.8, 4) is 11.5 Å². The Morgan fingerprint density at radius 1 is 1.23 bits per heavy atom. The van der Waals surface area contributed by atoms with E-state index in [1.54, 1.807) is 0 Å². The second kappa shape index (κ2) is 8.76. The van der Waals surface area contributed by atoms with Crippen molar-refractivity contribution in [2.24, 2.45) is 0 Å². The van der Waals surface area contributed by atoms with E-state index < -0.39 is 5.97 Å². The van der Waals surface area contributed by atoms with Crippen LogP contribution < -0.4 is 9.47 Å². The van der Waals surface area contributed by atoms with Crippen LogP contribution in [0.2, 0.25) is 0 Å². The maximum absolute atomic E-state index is 10.9. The highest BCUT2D eigenvalue weighted by atomic mass is 16.5. The Kier molecular flexibility index (Phi) is 6.41. The lowest BCUT2D eigenvalue weighted by Crippen LogP contribution is -2.45. The first kappa shape index (κ1) is 19.0. The third kappa shape index (κ3) is 4.50. The fraction of sp³-hybridized carbons (Fsp3) is 0.667. The first-order valence-corrected chi connectivity index (χ1v) is 9.97. The number of ether oxygens (including phenoxy) is 2. The molecule has 0 saturated carbocycles. The highest BCUT2D eigenvalue weighted by molar-refractivity contribution is 5.69. The van der Waals surface area contributed by atoms with Crippen molar-refractivity contribution in [1.29, 1.82) is 0 Å². The first-order valence-electron chi connectivity index (χ1n) is 9.97. The summed E-state index contributed by atoms with van der Waals surface area (Å²) in [5.41, 5.74) is 1.26. The summed E-state index contributed by atoms with van der Waals surface area (Å²) in [6.07, 6.45) is 8.05. The Morgan fingerprint density at radius 3 is 2.73 bits per heavy atom. The summed E-state index contributed by atoms with van der Waals surface area (Å²) < 4.78 is 11.9. The molecule has 0 atom stereocenters. The second-order valence-electron chi connectivity index (χ2n) is 7.66. The lowest BCUT2D eigenvalue weighted by atomic mass is 9.74. The molecule has 1 aromatic rings. The second-order valence-corrected chi connectivity index (χ2v) is 7.66. The first-order chi connectivity index (χ1) is 12.6. The van der Waals surface area contributed by atoms with Gasteiger partial charge in [0.15, 0.2) is 0 Å². The van der Waals surface area contributed by atoms with Gasteiger partial charge in [-0.15, -0.1) is 0 Å². The molecule has 1 aromatic carbocycles. The third-order valence-electron chi connectivity index (χ3n) is 5.72. The van der Waals surface area contributed by atoms with E-state index in [4.69, 9.17) is 14.6 Å². The minimum absolute atomic E-state index is 0.0187. The maximum Gasteiger partial charge on any atom is 0.317 e. The van der Waals surface area contributed by atoms with Gasteiger partial charge in [-0.1, -0.05) is 32.6 Å². The zero-order valence-electron chi connectivity index (χ0n) is 15.8. The van der Waals surface area contributed by atoms with Crippen molar-refractivity contribution in [1.82, 2.24) is 4.90 Å². The van der Waals surface area contributed by atoms with Crippen LogP contribution in [0.3, 0.4) is 0 Å². The number of likely N-dealkylation sites (tertiary alicyclic amines) is 1. The van der Waals surface area contributed by atoms with Crippen LogP contribution in [0.5, 0.6) is 11.5 Å². The van der Waals surface area contributed by atoms with Gasteiger partial charge in [-0.3, -0.25) is 9.69 Å². The van der Waals surface area contributed by atoms with E-state index in [0.717, 1.165) is 50.5 Å². The Labute approximate surface area is 156 Å². The van der Waals surface area contributed by atoms with Crippen LogP contribution in [0.4, 0.5) is 0 Å². The summed E-state index contributed by atoms with van der Waals surface area (Å²) in [5, 5.41) is 8.98. The number of hydrogen-bond donors (Lipinski definition) is 1. The van der Waals surface area contributed by atoms with E-state index in [1.807, 2.05) is 17.0 Å². The average molecular weight is 361 g/mol. The molecule has 0 amide bonds. The predicted molar refractivity (Wildman–Crippen MR) is 101 cm³/mol. The van der Waals surface area contributed by atoms with E-state index in [-0.39, 0.29) is 12.0 Å². The lowest BCUT2D eigenvalue weighted by molar-refractivity contribution is -0.138. The summed E-state index contributed by atoms with van der Waals surface area (Å²) in [6.45, 7) is 5.43. The van der Waals surface area contributed by atoms with Crippen LogP contribution in [0.15, 0.2) is 18.2 Å². The summed E-state index contributed by atoms with van der Waals surface area (Å²) in [5.74, 6) is 1.14. The van der Waals surface area contributed by atoms with Crippen LogP contribution in [0.25, 0.3) is 0 Å². The number of fused-ring (bicyclic) bond motifs is 2. The molecule has 0 aromatic heterocycles. The number of nitrogens with zero attached hydrogens (tertiary/aromatic N) is 1. The molecule has 1 fully saturated rings. The van der Waals surface area contributed by atoms with Crippen LogP contribution >= 0.6 is 0 Å². The van der Waals surface area contributed by atoms with Gasteiger partial charge in [0.1, 0.15) is 11.5 Å². The molecule has 1 N–H and O–H groups in total. The molecule has 5 heteroatoms. The number of carboxylic acid groups (broad SMARTS) is 1. The normalized spacial score (nSPS) is 18.5. The van der Waals surface area contributed by atoms with Crippen molar-refractivity contribution in [2.45, 2.75) is 57.3 Å². The molecule has 0 aliphatic carbocycles. The smallest absolute Gasteiger partial charge is 0.317 e. The van der Waals surface area contributed by atoms with Crippen LogP contribution in [-0.4, -0.2) is 48.8 Å². The van der Waals surface area contributed by atoms with Gasteiger partial charge in [0.2, 0.25) is 0 Å². The molecule has 144 valence electrons. The zero-order chi connectivity index (χ0) is 18.4. The van der Waals surface area contributed by atoms with Gasteiger partial charge >= 0.3 is 5.97 Å². The summed E-state index contributed by atoms with van der Waals surface area (Å²) in [7, 11) is 0. The third-order valence-corrected chi connectivity index (χ3v) is 5.72. The Morgan fingerprint density at radius 2 is 2.00 bits per heavy atom. The number of benzene rings is 1. The fourth-order valence-corrected chi connectivity index (χ4v) is 4.07. The molecule has 2 aliphatic rings. The Balaban J connectivity index is 1.57. The van der Waals surface area contributed by atoms with Gasteiger partial charge in [-0.2, -0.15) is 0 Å². The van der Waals surface area contributed by atoms with Crippen molar-refractivity contribution < 1.29 is 19.4 Å². The Bertz CT molecular complexity index is 608. The number of carbonyl (C=O) groups is 1. The van der Waals surface area contributed by atoms with E-state index in [0.29, 0.717) is 6.61 Å². The molecule has 3 rings (SSSR count). The zero-order valence-corrected chi connectivity index (χ0v) is 15.8. The van der Waals surface area contributed by atoms with E-state index >= 15 is 0 Å². The molecule has 5 nitrogen and oxygen atoms in total. The molecular formula is C21H31NO4. The van der Waals surface area contributed by atoms with Crippen LogP contribution in [0.1, 0.15) is 57.4 Å². The number of carboxylic acids is 1. The van der Waals surface area contributed by atoms with Gasteiger partial charge in [0.25, 0.3) is 0 Å². The highest BCUT2D eigenvalue weighted by Gasteiger charge is 2.43. The van der Waals surface area contributed by atoms with Gasteiger partial charge in [-0.25, -0.2) is 0 Å². The number of unbranched alkanes of at least 4 members (excludes halogenated alkanes) is 4. The minimum atomic E-state index is -0.751. The van der Waals surface area contributed by atoms with Crippen LogP contribution in [0, 0.1) is 0 Å². The number of hydrogen-bond acceptors (Lipinski definition) is 4. The quantitative estimate of drug-likeness (QED) is 0.677. The maximum atomic E-state index is 10.9. The lowest BCUT2D eigenvalue weighted by Gasteiger charge is -2.37. The van der Waals surface area contributed by atoms with Gasteiger partial charge < -0.3 is 14.6 Å². The molecule has 2 heterocycles. The molecule has 0 unspecified atom stereocenters. The number of aliphatic carboxylic acids is 1. The van der Waals surface area contributed by atoms with Crippen molar-refractivity contribution in [3.63, 3.8) is 0 Å². The molecule has 26 heavy (non-hydrogen) atoms. The van der Waals surface area contributed by atoms with E-state index in [1.165, 1.54) is 31.2 Å². The molecular weight excluding hydrogens is 330 g/mol. The number of rotatable bonds is 9. The summed E-state index contributed by atoms with van der Waals surface area (Å²) in [6, 6.07) is 6.19. The Hall–Kier alpha value is -1.75. The van der Waals surface area contributed by atoms with Crippen molar-refractivity contribution in [3.05, 3.63) is 23.8 Å². The molecule has 1 spiro atoms. The molecule has 0 radical (unpaired) electrons. The number of piperidine rings is 1. The largest absolute Gasteiger partial charge is 0.494 e. The molecule has 0 bridgehead atoms. The van der Waals surface area contributed by atoms with Crippen LogP contribution in [-0.2, 0) is 10.2 Å².